The molecule has 1 rings (SSSR count). The predicted octanol–water partition coefficient (Wildman–Crippen LogP) is 3.21. The standard InChI is InChI=1S/C8H6BrF3OS/c9-5-6-2-1-3-7(4-6)14(13)8(10,11)12/h1-4H,5H2/t14-/m0/s1. The van der Waals surface area contributed by atoms with Gasteiger partial charge in [-0.1, -0.05) is 28.1 Å². The molecule has 0 aromatic heterocycles. The SMILES string of the molecule is O=[S@@](c1cccc(CBr)c1)C(F)(F)F. The Balaban J connectivity index is 3.02. The number of halogens is 4. The van der Waals surface area contributed by atoms with E-state index in [2.05, 4.69) is 15.9 Å². The monoisotopic (exact) mass is 286 g/mol. The van der Waals surface area contributed by atoms with Crippen LogP contribution in [0.1, 0.15) is 5.56 Å². The normalized spacial score (nSPS) is 14.0. The van der Waals surface area contributed by atoms with Crippen molar-refractivity contribution < 1.29 is 17.4 Å². The van der Waals surface area contributed by atoms with E-state index in [1.54, 1.807) is 6.07 Å². The van der Waals surface area contributed by atoms with E-state index in [0.29, 0.717) is 10.9 Å². The summed E-state index contributed by atoms with van der Waals surface area (Å²) in [5.41, 5.74) is -4.02. The zero-order valence-electron chi connectivity index (χ0n) is 6.84. The molecule has 0 heterocycles. The van der Waals surface area contributed by atoms with Crippen molar-refractivity contribution >= 4 is 26.7 Å². The van der Waals surface area contributed by atoms with Crippen molar-refractivity contribution in [3.05, 3.63) is 29.8 Å². The van der Waals surface area contributed by atoms with Crippen molar-refractivity contribution in [1.29, 1.82) is 0 Å². The average molecular weight is 287 g/mol. The summed E-state index contributed by atoms with van der Waals surface area (Å²) >= 11 is 3.11. The molecule has 1 nitrogen and oxygen atoms in total. The smallest absolute Gasteiger partial charge is 0.245 e. The lowest BCUT2D eigenvalue weighted by Gasteiger charge is -2.06. The number of alkyl halides is 4. The number of benzene rings is 1. The van der Waals surface area contributed by atoms with E-state index in [1.807, 2.05) is 0 Å². The molecular weight excluding hydrogens is 281 g/mol. The molecule has 0 aliphatic rings. The Morgan fingerprint density at radius 2 is 2.00 bits per heavy atom. The minimum atomic E-state index is -4.69. The van der Waals surface area contributed by atoms with Gasteiger partial charge in [-0.2, -0.15) is 13.2 Å². The predicted molar refractivity (Wildman–Crippen MR) is 51.5 cm³/mol. The molecule has 0 spiro atoms. The van der Waals surface area contributed by atoms with Gasteiger partial charge in [0.05, 0.1) is 0 Å². The second kappa shape index (κ2) is 4.44. The molecule has 0 saturated heterocycles. The molecule has 0 saturated carbocycles. The number of hydrogen-bond donors (Lipinski definition) is 0. The maximum Gasteiger partial charge on any atom is 0.475 e. The minimum absolute atomic E-state index is 0.213. The molecule has 0 bridgehead atoms. The third-order valence-electron chi connectivity index (χ3n) is 1.48. The lowest BCUT2D eigenvalue weighted by molar-refractivity contribution is -0.0384. The first-order valence-electron chi connectivity index (χ1n) is 3.58. The van der Waals surface area contributed by atoms with Crippen molar-refractivity contribution in [3.63, 3.8) is 0 Å². The first kappa shape index (κ1) is 11.7. The van der Waals surface area contributed by atoms with Crippen molar-refractivity contribution in [2.24, 2.45) is 0 Å². The molecule has 0 aliphatic heterocycles. The van der Waals surface area contributed by atoms with Crippen LogP contribution in [0.5, 0.6) is 0 Å². The molecule has 78 valence electrons. The Morgan fingerprint density at radius 1 is 1.36 bits per heavy atom. The fourth-order valence-corrected chi connectivity index (χ4v) is 1.95. The fourth-order valence-electron chi connectivity index (χ4n) is 0.878. The molecule has 1 aromatic carbocycles. The Morgan fingerprint density at radius 3 is 2.50 bits per heavy atom. The Kier molecular flexibility index (Phi) is 3.71. The van der Waals surface area contributed by atoms with Gasteiger partial charge in [0.1, 0.15) is 0 Å². The van der Waals surface area contributed by atoms with Crippen LogP contribution in [-0.4, -0.2) is 9.72 Å². The van der Waals surface area contributed by atoms with E-state index in [-0.39, 0.29) is 4.90 Å². The highest BCUT2D eigenvalue weighted by atomic mass is 79.9. The third-order valence-corrected chi connectivity index (χ3v) is 3.23. The molecule has 1 atom stereocenters. The Hall–Kier alpha value is -0.360. The highest BCUT2D eigenvalue weighted by Crippen LogP contribution is 2.26. The van der Waals surface area contributed by atoms with E-state index in [4.69, 9.17) is 0 Å². The van der Waals surface area contributed by atoms with E-state index < -0.39 is 16.3 Å². The van der Waals surface area contributed by atoms with Crippen molar-refractivity contribution in [1.82, 2.24) is 0 Å². The first-order valence-corrected chi connectivity index (χ1v) is 5.86. The molecule has 14 heavy (non-hydrogen) atoms. The maximum atomic E-state index is 12.1. The van der Waals surface area contributed by atoms with Crippen LogP contribution in [0.25, 0.3) is 0 Å². The van der Waals surface area contributed by atoms with E-state index in [1.165, 1.54) is 18.2 Å². The van der Waals surface area contributed by atoms with E-state index in [9.17, 15) is 17.4 Å². The fraction of sp³-hybridized carbons (Fsp3) is 0.250. The Bertz CT molecular complexity index is 351. The van der Waals surface area contributed by atoms with Gasteiger partial charge in [0, 0.05) is 10.2 Å². The maximum absolute atomic E-state index is 12.1. The van der Waals surface area contributed by atoms with Gasteiger partial charge in [-0.15, -0.1) is 0 Å². The quantitative estimate of drug-likeness (QED) is 0.763. The summed E-state index contributed by atoms with van der Waals surface area (Å²) in [5.74, 6) is 0. The van der Waals surface area contributed by atoms with Crippen molar-refractivity contribution in [2.75, 3.05) is 0 Å². The Labute approximate surface area is 89.9 Å². The van der Waals surface area contributed by atoms with Gasteiger partial charge in [-0.3, -0.25) is 0 Å². The van der Waals surface area contributed by atoms with Gasteiger partial charge < -0.3 is 0 Å². The molecule has 0 unspecified atom stereocenters. The van der Waals surface area contributed by atoms with Gasteiger partial charge in [0.2, 0.25) is 0 Å². The lowest BCUT2D eigenvalue weighted by Crippen LogP contribution is -2.16. The van der Waals surface area contributed by atoms with Crippen LogP contribution in [0, 0.1) is 0 Å². The van der Waals surface area contributed by atoms with Crippen LogP contribution in [0.3, 0.4) is 0 Å². The molecular formula is C8H6BrF3OS. The molecule has 0 aliphatic carbocycles. The lowest BCUT2D eigenvalue weighted by atomic mass is 10.2. The number of hydrogen-bond acceptors (Lipinski definition) is 1. The highest BCUT2D eigenvalue weighted by Gasteiger charge is 2.37. The van der Waals surface area contributed by atoms with Crippen LogP contribution >= 0.6 is 15.9 Å². The molecule has 1 aromatic rings. The van der Waals surface area contributed by atoms with Crippen LogP contribution < -0.4 is 0 Å². The van der Waals surface area contributed by atoms with Gasteiger partial charge in [0.15, 0.2) is 10.8 Å². The first-order chi connectivity index (χ1) is 6.45. The molecule has 0 fully saturated rings. The minimum Gasteiger partial charge on any atom is -0.245 e. The van der Waals surface area contributed by atoms with E-state index >= 15 is 0 Å². The molecule has 0 amide bonds. The summed E-state index contributed by atoms with van der Waals surface area (Å²) in [4.78, 5) is -0.213. The van der Waals surface area contributed by atoms with Gasteiger partial charge in [-0.05, 0) is 17.7 Å². The molecule has 0 N–H and O–H groups in total. The van der Waals surface area contributed by atoms with Crippen LogP contribution in [0.2, 0.25) is 0 Å². The van der Waals surface area contributed by atoms with Crippen LogP contribution in [0.15, 0.2) is 29.2 Å². The van der Waals surface area contributed by atoms with E-state index in [0.717, 1.165) is 0 Å². The topological polar surface area (TPSA) is 17.1 Å². The van der Waals surface area contributed by atoms with Gasteiger partial charge in [-0.25, -0.2) is 4.21 Å². The van der Waals surface area contributed by atoms with Gasteiger partial charge in [0.25, 0.3) is 0 Å². The summed E-state index contributed by atoms with van der Waals surface area (Å²) < 4.78 is 47.1. The van der Waals surface area contributed by atoms with Crippen LogP contribution in [0.4, 0.5) is 13.2 Å². The van der Waals surface area contributed by atoms with Gasteiger partial charge >= 0.3 is 5.51 Å². The average Bonchev–Trinajstić information content (AvgIpc) is 2.15. The largest absolute Gasteiger partial charge is 0.475 e. The summed E-state index contributed by atoms with van der Waals surface area (Å²) in [5, 5.41) is 0.440. The zero-order valence-corrected chi connectivity index (χ0v) is 9.25. The van der Waals surface area contributed by atoms with Crippen molar-refractivity contribution in [2.45, 2.75) is 15.7 Å². The molecule has 6 heteroatoms. The number of rotatable bonds is 2. The second-order valence-corrected chi connectivity index (χ2v) is 4.53. The zero-order chi connectivity index (χ0) is 10.8. The summed E-state index contributed by atoms with van der Waals surface area (Å²) in [7, 11) is -2.93. The summed E-state index contributed by atoms with van der Waals surface area (Å²) in [6, 6.07) is 5.59. The van der Waals surface area contributed by atoms with Crippen LogP contribution in [-0.2, 0) is 16.1 Å². The third kappa shape index (κ3) is 2.81. The van der Waals surface area contributed by atoms with Crippen molar-refractivity contribution in [3.8, 4) is 0 Å². The summed E-state index contributed by atoms with van der Waals surface area (Å²) in [6.07, 6.45) is 0. The highest BCUT2D eigenvalue weighted by molar-refractivity contribution is 9.08. The molecule has 0 radical (unpaired) electrons. The second-order valence-electron chi connectivity index (χ2n) is 2.50. The summed E-state index contributed by atoms with van der Waals surface area (Å²) in [6.45, 7) is 0.